The summed E-state index contributed by atoms with van der Waals surface area (Å²) in [5, 5.41) is 1.50. The fraction of sp³-hybridized carbons (Fsp3) is 0.429. The fourth-order valence-corrected chi connectivity index (χ4v) is 3.90. The molecule has 1 N–H and O–H groups in total. The van der Waals surface area contributed by atoms with Crippen LogP contribution in [0.4, 0.5) is 0 Å². The van der Waals surface area contributed by atoms with Crippen LogP contribution in [0.2, 0.25) is 5.02 Å². The lowest BCUT2D eigenvalue weighted by Gasteiger charge is -2.14. The topological polar surface area (TPSA) is 49.0 Å². The van der Waals surface area contributed by atoms with Gasteiger partial charge in [-0.25, -0.2) is 4.98 Å². The highest BCUT2D eigenvalue weighted by molar-refractivity contribution is 8.00. The molecule has 1 aromatic carbocycles. The van der Waals surface area contributed by atoms with Gasteiger partial charge in [-0.2, -0.15) is 0 Å². The Labute approximate surface area is 125 Å². The van der Waals surface area contributed by atoms with Crippen LogP contribution in [-0.4, -0.2) is 38.6 Å². The molecule has 1 aliphatic heterocycles. The predicted octanol–water partition coefficient (Wildman–Crippen LogP) is 3.07. The molecule has 2 heterocycles. The van der Waals surface area contributed by atoms with Gasteiger partial charge in [0.1, 0.15) is 0 Å². The molecule has 2 fully saturated rings. The van der Waals surface area contributed by atoms with E-state index >= 15 is 0 Å². The number of rotatable bonds is 3. The summed E-state index contributed by atoms with van der Waals surface area (Å²) < 4.78 is 0. The summed E-state index contributed by atoms with van der Waals surface area (Å²) >= 11 is 7.51. The van der Waals surface area contributed by atoms with E-state index in [1.54, 1.807) is 0 Å². The largest absolute Gasteiger partial charge is 0.339 e. The molecule has 2 aromatic rings. The van der Waals surface area contributed by atoms with Crippen LogP contribution in [0.3, 0.4) is 0 Å². The number of fused-ring (bicyclic) bond motifs is 1. The number of nitrogens with zero attached hydrogens (tertiary/aromatic N) is 2. The molecule has 20 heavy (non-hydrogen) atoms. The quantitative estimate of drug-likeness (QED) is 0.948. The van der Waals surface area contributed by atoms with E-state index in [9.17, 15) is 4.79 Å². The highest BCUT2D eigenvalue weighted by Crippen LogP contribution is 2.36. The third-order valence-corrected chi connectivity index (χ3v) is 5.23. The van der Waals surface area contributed by atoms with Crippen LogP contribution in [-0.2, 0) is 4.79 Å². The number of H-pyrrole nitrogens is 1. The Bertz CT molecular complexity index is 682. The SMILES string of the molecule is O=C1[C@H](Sc2nc3ccc(Cl)cc3[nH]2)CCN1C1CC1. The number of benzene rings is 1. The number of nitrogens with one attached hydrogen (secondary N) is 1. The summed E-state index contributed by atoms with van der Waals surface area (Å²) in [5.41, 5.74) is 1.81. The number of amides is 1. The zero-order chi connectivity index (χ0) is 13.7. The number of carbonyl (C=O) groups excluding carboxylic acids is 1. The second-order valence-corrected chi connectivity index (χ2v) is 6.99. The van der Waals surface area contributed by atoms with E-state index < -0.39 is 0 Å². The summed E-state index contributed by atoms with van der Waals surface area (Å²) in [6.07, 6.45) is 3.26. The number of imidazole rings is 1. The van der Waals surface area contributed by atoms with Crippen molar-refractivity contribution in [1.29, 1.82) is 0 Å². The molecule has 1 aliphatic carbocycles. The van der Waals surface area contributed by atoms with E-state index in [0.717, 1.165) is 29.2 Å². The maximum atomic E-state index is 12.3. The van der Waals surface area contributed by atoms with E-state index in [0.29, 0.717) is 11.1 Å². The second-order valence-electron chi connectivity index (χ2n) is 5.36. The first kappa shape index (κ1) is 12.5. The molecule has 1 saturated heterocycles. The highest BCUT2D eigenvalue weighted by atomic mass is 35.5. The van der Waals surface area contributed by atoms with Gasteiger partial charge in [0.2, 0.25) is 5.91 Å². The molecule has 104 valence electrons. The summed E-state index contributed by atoms with van der Waals surface area (Å²) in [6, 6.07) is 6.10. The number of hydrogen-bond acceptors (Lipinski definition) is 3. The monoisotopic (exact) mass is 307 g/mol. The maximum absolute atomic E-state index is 12.3. The van der Waals surface area contributed by atoms with Crippen LogP contribution in [0.15, 0.2) is 23.4 Å². The molecule has 0 spiro atoms. The van der Waals surface area contributed by atoms with Crippen LogP contribution >= 0.6 is 23.4 Å². The van der Waals surface area contributed by atoms with Crippen molar-refractivity contribution in [2.75, 3.05) is 6.54 Å². The summed E-state index contributed by atoms with van der Waals surface area (Å²) in [7, 11) is 0. The molecule has 1 atom stereocenters. The minimum atomic E-state index is 0.00614. The number of carbonyl (C=O) groups is 1. The second kappa shape index (κ2) is 4.67. The average molecular weight is 308 g/mol. The number of thioether (sulfide) groups is 1. The minimum absolute atomic E-state index is 0.00614. The Balaban J connectivity index is 1.54. The molecular weight excluding hydrogens is 294 g/mol. The van der Waals surface area contributed by atoms with Crippen LogP contribution in [0, 0.1) is 0 Å². The number of hydrogen-bond donors (Lipinski definition) is 1. The fourth-order valence-electron chi connectivity index (χ4n) is 2.68. The lowest BCUT2D eigenvalue weighted by molar-refractivity contribution is -0.127. The van der Waals surface area contributed by atoms with E-state index in [2.05, 4.69) is 9.97 Å². The molecule has 1 aromatic heterocycles. The number of likely N-dealkylation sites (tertiary alicyclic amines) is 1. The first-order chi connectivity index (χ1) is 9.70. The summed E-state index contributed by atoms with van der Waals surface area (Å²) in [5.74, 6) is 0.274. The van der Waals surface area contributed by atoms with Gasteiger partial charge in [-0.3, -0.25) is 4.79 Å². The van der Waals surface area contributed by atoms with Gasteiger partial charge >= 0.3 is 0 Å². The molecular formula is C14H14ClN3OS. The molecule has 2 aliphatic rings. The van der Waals surface area contributed by atoms with E-state index in [1.165, 1.54) is 24.6 Å². The zero-order valence-electron chi connectivity index (χ0n) is 10.8. The number of aromatic amines is 1. The van der Waals surface area contributed by atoms with Crippen molar-refractivity contribution in [3.05, 3.63) is 23.2 Å². The van der Waals surface area contributed by atoms with Crippen LogP contribution in [0.5, 0.6) is 0 Å². The molecule has 1 amide bonds. The van der Waals surface area contributed by atoms with Gasteiger partial charge in [-0.05, 0) is 37.5 Å². The van der Waals surface area contributed by atoms with Gasteiger partial charge in [0.15, 0.2) is 5.16 Å². The van der Waals surface area contributed by atoms with E-state index in [4.69, 9.17) is 11.6 Å². The van der Waals surface area contributed by atoms with Crippen molar-refractivity contribution in [2.24, 2.45) is 0 Å². The Hall–Kier alpha value is -1.20. The lowest BCUT2D eigenvalue weighted by Crippen LogP contribution is -2.30. The normalized spacial score (nSPS) is 22.9. The molecule has 4 rings (SSSR count). The van der Waals surface area contributed by atoms with Gasteiger partial charge in [0, 0.05) is 17.6 Å². The molecule has 0 unspecified atom stereocenters. The van der Waals surface area contributed by atoms with Gasteiger partial charge in [-0.15, -0.1) is 0 Å². The van der Waals surface area contributed by atoms with Gasteiger partial charge in [0.25, 0.3) is 0 Å². The molecule has 0 bridgehead atoms. The minimum Gasteiger partial charge on any atom is -0.339 e. The molecule has 1 saturated carbocycles. The van der Waals surface area contributed by atoms with Gasteiger partial charge < -0.3 is 9.88 Å². The Morgan fingerprint density at radius 2 is 2.20 bits per heavy atom. The smallest absolute Gasteiger partial charge is 0.236 e. The van der Waals surface area contributed by atoms with Crippen molar-refractivity contribution in [2.45, 2.75) is 35.7 Å². The number of halogens is 1. The Morgan fingerprint density at radius 1 is 1.35 bits per heavy atom. The predicted molar refractivity (Wildman–Crippen MR) is 80.1 cm³/mol. The van der Waals surface area contributed by atoms with Crippen LogP contribution in [0.1, 0.15) is 19.3 Å². The summed E-state index contributed by atoms with van der Waals surface area (Å²) in [6.45, 7) is 0.896. The van der Waals surface area contributed by atoms with Gasteiger partial charge in [-0.1, -0.05) is 23.4 Å². The van der Waals surface area contributed by atoms with Crippen molar-refractivity contribution < 1.29 is 4.79 Å². The van der Waals surface area contributed by atoms with Crippen molar-refractivity contribution >= 4 is 40.3 Å². The lowest BCUT2D eigenvalue weighted by atomic mass is 10.3. The molecule has 0 radical (unpaired) electrons. The van der Waals surface area contributed by atoms with E-state index in [1.807, 2.05) is 23.1 Å². The maximum Gasteiger partial charge on any atom is 0.236 e. The Morgan fingerprint density at radius 3 is 3.00 bits per heavy atom. The summed E-state index contributed by atoms with van der Waals surface area (Å²) in [4.78, 5) is 22.1. The Kier molecular flexibility index (Phi) is 2.93. The zero-order valence-corrected chi connectivity index (χ0v) is 12.4. The first-order valence-corrected chi connectivity index (χ1v) is 8.09. The number of aromatic nitrogens is 2. The van der Waals surface area contributed by atoms with Crippen molar-refractivity contribution in [3.63, 3.8) is 0 Å². The average Bonchev–Trinajstić information content (AvgIpc) is 3.09. The third-order valence-electron chi connectivity index (χ3n) is 3.85. The van der Waals surface area contributed by atoms with Gasteiger partial charge in [0.05, 0.1) is 16.3 Å². The highest BCUT2D eigenvalue weighted by Gasteiger charge is 2.41. The molecule has 6 heteroatoms. The first-order valence-electron chi connectivity index (χ1n) is 6.83. The molecule has 4 nitrogen and oxygen atoms in total. The van der Waals surface area contributed by atoms with Crippen LogP contribution in [0.25, 0.3) is 11.0 Å². The third kappa shape index (κ3) is 2.19. The van der Waals surface area contributed by atoms with Crippen molar-refractivity contribution in [3.8, 4) is 0 Å². The standard InChI is InChI=1S/C14H14ClN3OS/c15-8-1-4-10-11(7-8)17-14(16-10)20-12-5-6-18(13(12)19)9-2-3-9/h1,4,7,9,12H,2-3,5-6H2,(H,16,17)/t12-/m1/s1. The van der Waals surface area contributed by atoms with Crippen LogP contribution < -0.4 is 0 Å². The van der Waals surface area contributed by atoms with E-state index in [-0.39, 0.29) is 11.2 Å². The van der Waals surface area contributed by atoms with Crippen molar-refractivity contribution in [1.82, 2.24) is 14.9 Å².